The molecule has 0 aliphatic heterocycles. The van der Waals surface area contributed by atoms with E-state index in [2.05, 4.69) is 4.74 Å². The Balaban J connectivity index is 2.97. The smallest absolute Gasteiger partial charge is 0.307 e. The van der Waals surface area contributed by atoms with Crippen LogP contribution >= 0.6 is 0 Å². The number of methoxy groups -OCH3 is 1. The summed E-state index contributed by atoms with van der Waals surface area (Å²) in [6, 6.07) is 1.58. The Labute approximate surface area is 132 Å². The van der Waals surface area contributed by atoms with Gasteiger partial charge in [-0.25, -0.2) is 13.2 Å². The summed E-state index contributed by atoms with van der Waals surface area (Å²) in [6.45, 7) is 0.636. The first-order chi connectivity index (χ1) is 10.8. The van der Waals surface area contributed by atoms with Gasteiger partial charge in [0, 0.05) is 19.6 Å². The number of nitrogens with zero attached hydrogens (tertiary/aromatic N) is 2. The number of hydrogen-bond donors (Lipinski definition) is 0. The molecule has 1 amide bonds. The minimum atomic E-state index is -1.70. The summed E-state index contributed by atoms with van der Waals surface area (Å²) in [7, 11) is 4.77. The number of rotatable bonds is 7. The molecule has 0 atom stereocenters. The van der Waals surface area contributed by atoms with Crippen LogP contribution in [0.1, 0.15) is 16.8 Å². The molecule has 0 aliphatic rings. The van der Waals surface area contributed by atoms with E-state index in [-0.39, 0.29) is 19.5 Å². The summed E-state index contributed by atoms with van der Waals surface area (Å²) in [5, 5.41) is 0. The number of esters is 1. The Morgan fingerprint density at radius 2 is 1.70 bits per heavy atom. The molecule has 0 heterocycles. The monoisotopic (exact) mass is 332 g/mol. The number of halogens is 3. The van der Waals surface area contributed by atoms with Crippen LogP contribution in [0.4, 0.5) is 13.2 Å². The molecule has 0 fully saturated rings. The molecule has 0 aromatic heterocycles. The van der Waals surface area contributed by atoms with Crippen molar-refractivity contribution in [3.8, 4) is 0 Å². The highest BCUT2D eigenvalue weighted by atomic mass is 19.2. The van der Waals surface area contributed by atoms with Crippen LogP contribution in [0.15, 0.2) is 12.1 Å². The minimum Gasteiger partial charge on any atom is -0.469 e. The molecular weight excluding hydrogens is 313 g/mol. The minimum absolute atomic E-state index is 0.0161. The lowest BCUT2D eigenvalue weighted by molar-refractivity contribution is -0.140. The summed E-state index contributed by atoms with van der Waals surface area (Å²) in [5.74, 6) is -5.95. The zero-order valence-electron chi connectivity index (χ0n) is 13.2. The highest BCUT2D eigenvalue weighted by Crippen LogP contribution is 2.17. The van der Waals surface area contributed by atoms with E-state index in [0.717, 1.165) is 6.07 Å². The van der Waals surface area contributed by atoms with Gasteiger partial charge in [-0.3, -0.25) is 9.59 Å². The molecule has 1 aromatic carbocycles. The average Bonchev–Trinajstić information content (AvgIpc) is 2.51. The van der Waals surface area contributed by atoms with Crippen LogP contribution in [0.2, 0.25) is 0 Å². The fourth-order valence-electron chi connectivity index (χ4n) is 1.83. The van der Waals surface area contributed by atoms with E-state index in [4.69, 9.17) is 0 Å². The van der Waals surface area contributed by atoms with E-state index in [0.29, 0.717) is 12.6 Å². The first-order valence-corrected chi connectivity index (χ1v) is 6.92. The van der Waals surface area contributed by atoms with Crippen LogP contribution in [-0.4, -0.2) is 62.5 Å². The summed E-state index contributed by atoms with van der Waals surface area (Å²) in [4.78, 5) is 26.6. The second kappa shape index (κ2) is 8.52. The van der Waals surface area contributed by atoms with Crippen molar-refractivity contribution in [1.29, 1.82) is 0 Å². The van der Waals surface area contributed by atoms with Gasteiger partial charge in [0.25, 0.3) is 5.91 Å². The number of likely N-dealkylation sites (N-methyl/N-ethyl adjacent to an activating group) is 1. The molecule has 5 nitrogen and oxygen atoms in total. The van der Waals surface area contributed by atoms with Crippen LogP contribution in [0, 0.1) is 17.5 Å². The van der Waals surface area contributed by atoms with Gasteiger partial charge in [0.2, 0.25) is 0 Å². The second-order valence-electron chi connectivity index (χ2n) is 5.14. The number of ether oxygens (including phenoxy) is 1. The summed E-state index contributed by atoms with van der Waals surface area (Å²) in [5.41, 5.74) is -0.576. The van der Waals surface area contributed by atoms with Gasteiger partial charge in [0.1, 0.15) is 0 Å². The topological polar surface area (TPSA) is 49.9 Å². The molecule has 0 N–H and O–H groups in total. The highest BCUT2D eigenvalue weighted by Gasteiger charge is 2.23. The Bertz CT molecular complexity index is 579. The molecule has 1 aromatic rings. The number of carbonyl (C=O) groups is 2. The summed E-state index contributed by atoms with van der Waals surface area (Å²) >= 11 is 0. The molecule has 1 rings (SSSR count). The van der Waals surface area contributed by atoms with Gasteiger partial charge in [-0.05, 0) is 26.2 Å². The fourth-order valence-corrected chi connectivity index (χ4v) is 1.83. The standard InChI is InChI=1S/C15H19F3N2O3/c1-19(2)8-9-20(7-6-12(21)23-3)15(22)10-4-5-11(16)14(18)13(10)17/h4-5H,6-9H2,1-3H3. The molecule has 0 unspecified atom stereocenters. The molecule has 128 valence electrons. The van der Waals surface area contributed by atoms with E-state index in [1.807, 2.05) is 0 Å². The third-order valence-electron chi connectivity index (χ3n) is 3.18. The Morgan fingerprint density at radius 1 is 1.04 bits per heavy atom. The van der Waals surface area contributed by atoms with Crippen molar-refractivity contribution in [3.05, 3.63) is 35.1 Å². The lowest BCUT2D eigenvalue weighted by atomic mass is 10.1. The SMILES string of the molecule is COC(=O)CCN(CCN(C)C)C(=O)c1ccc(F)c(F)c1F. The van der Waals surface area contributed by atoms with Crippen molar-refractivity contribution in [3.63, 3.8) is 0 Å². The predicted octanol–water partition coefficient (Wildman–Crippen LogP) is 1.67. The molecule has 0 aliphatic carbocycles. The van der Waals surface area contributed by atoms with Crippen molar-refractivity contribution >= 4 is 11.9 Å². The van der Waals surface area contributed by atoms with Crippen LogP contribution in [0.5, 0.6) is 0 Å². The van der Waals surface area contributed by atoms with Crippen molar-refractivity contribution in [2.24, 2.45) is 0 Å². The van der Waals surface area contributed by atoms with Crippen molar-refractivity contribution < 1.29 is 27.5 Å². The van der Waals surface area contributed by atoms with Crippen LogP contribution in [0.25, 0.3) is 0 Å². The molecule has 0 saturated carbocycles. The van der Waals surface area contributed by atoms with Crippen molar-refractivity contribution in [2.45, 2.75) is 6.42 Å². The van der Waals surface area contributed by atoms with Crippen LogP contribution < -0.4 is 0 Å². The zero-order chi connectivity index (χ0) is 17.6. The van der Waals surface area contributed by atoms with Gasteiger partial charge in [-0.1, -0.05) is 0 Å². The molecule has 0 bridgehead atoms. The van der Waals surface area contributed by atoms with Gasteiger partial charge in [-0.2, -0.15) is 0 Å². The first kappa shape index (κ1) is 19.0. The molecule has 0 saturated heterocycles. The average molecular weight is 332 g/mol. The number of amides is 1. The Morgan fingerprint density at radius 3 is 2.26 bits per heavy atom. The lowest BCUT2D eigenvalue weighted by Crippen LogP contribution is -2.38. The van der Waals surface area contributed by atoms with Gasteiger partial charge >= 0.3 is 5.97 Å². The number of carbonyl (C=O) groups excluding carboxylic acids is 2. The van der Waals surface area contributed by atoms with Gasteiger partial charge in [0.05, 0.1) is 19.1 Å². The largest absolute Gasteiger partial charge is 0.469 e. The molecule has 23 heavy (non-hydrogen) atoms. The maximum Gasteiger partial charge on any atom is 0.307 e. The summed E-state index contributed by atoms with van der Waals surface area (Å²) in [6.07, 6.45) is -0.0824. The van der Waals surface area contributed by atoms with Gasteiger partial charge in [0.15, 0.2) is 17.5 Å². The number of hydrogen-bond acceptors (Lipinski definition) is 4. The molecule has 0 radical (unpaired) electrons. The molecule has 8 heteroatoms. The maximum atomic E-state index is 13.8. The maximum absolute atomic E-state index is 13.8. The Kier molecular flexibility index (Phi) is 7.02. The van der Waals surface area contributed by atoms with Crippen LogP contribution in [-0.2, 0) is 9.53 Å². The van der Waals surface area contributed by atoms with Crippen molar-refractivity contribution in [1.82, 2.24) is 9.80 Å². The van der Waals surface area contributed by atoms with E-state index >= 15 is 0 Å². The summed E-state index contributed by atoms with van der Waals surface area (Å²) < 4.78 is 44.5. The lowest BCUT2D eigenvalue weighted by Gasteiger charge is -2.24. The Hall–Kier alpha value is -2.09. The third kappa shape index (κ3) is 5.24. The predicted molar refractivity (Wildman–Crippen MR) is 77.4 cm³/mol. The van der Waals surface area contributed by atoms with E-state index in [1.54, 1.807) is 19.0 Å². The molecular formula is C15H19F3N2O3. The second-order valence-corrected chi connectivity index (χ2v) is 5.14. The highest BCUT2D eigenvalue weighted by molar-refractivity contribution is 5.94. The number of benzene rings is 1. The fraction of sp³-hybridized carbons (Fsp3) is 0.467. The normalized spacial score (nSPS) is 10.7. The van der Waals surface area contributed by atoms with Crippen molar-refractivity contribution in [2.75, 3.05) is 40.8 Å². The zero-order valence-corrected chi connectivity index (χ0v) is 13.2. The van der Waals surface area contributed by atoms with E-state index in [9.17, 15) is 22.8 Å². The van der Waals surface area contributed by atoms with Gasteiger partial charge < -0.3 is 14.5 Å². The van der Waals surface area contributed by atoms with Gasteiger partial charge in [-0.15, -0.1) is 0 Å². The quantitative estimate of drug-likeness (QED) is 0.563. The van der Waals surface area contributed by atoms with Crippen LogP contribution in [0.3, 0.4) is 0 Å². The third-order valence-corrected chi connectivity index (χ3v) is 3.18. The van der Waals surface area contributed by atoms with E-state index < -0.39 is 34.9 Å². The first-order valence-electron chi connectivity index (χ1n) is 6.92. The van der Waals surface area contributed by atoms with E-state index in [1.165, 1.54) is 12.0 Å². The molecule has 0 spiro atoms.